The summed E-state index contributed by atoms with van der Waals surface area (Å²) in [6, 6.07) is 4.45. The van der Waals surface area contributed by atoms with Crippen molar-refractivity contribution in [3.63, 3.8) is 0 Å². The van der Waals surface area contributed by atoms with Crippen LogP contribution in [0.3, 0.4) is 0 Å². The number of amides is 8. The molecular weight excluding hydrogens is 899 g/mol. The van der Waals surface area contributed by atoms with E-state index >= 15 is 0 Å². The number of aryl methyl sites for hydroxylation is 6. The van der Waals surface area contributed by atoms with Crippen LogP contribution in [-0.2, 0) is 56.7 Å². The van der Waals surface area contributed by atoms with Crippen LogP contribution in [0.5, 0.6) is 0 Å². The predicted molar refractivity (Wildman–Crippen MR) is 249 cm³/mol. The van der Waals surface area contributed by atoms with E-state index in [0.717, 1.165) is 0 Å². The fraction of sp³-hybridized carbons (Fsp3) is 0.302. The third kappa shape index (κ3) is 12.6. The Morgan fingerprint density at radius 2 is 0.899 bits per heavy atom. The molecule has 26 nitrogen and oxygen atoms in total. The predicted octanol–water partition coefficient (Wildman–Crippen LogP) is 0.886. The number of rotatable bonds is 21. The number of carbonyl (C=O) groups is 9. The van der Waals surface area contributed by atoms with Crippen molar-refractivity contribution in [1.82, 2.24) is 58.3 Å². The minimum Gasteiger partial charge on any atom is -0.351 e. The van der Waals surface area contributed by atoms with Crippen LogP contribution in [0.25, 0.3) is 0 Å². The Morgan fingerprint density at radius 3 is 1.33 bits per heavy atom. The largest absolute Gasteiger partial charge is 0.351 e. The van der Waals surface area contributed by atoms with Gasteiger partial charge in [-0.15, -0.1) is 0 Å². The van der Waals surface area contributed by atoms with Crippen LogP contribution in [0.2, 0.25) is 0 Å². The first kappa shape index (κ1) is 49.3. The lowest BCUT2D eigenvalue weighted by Gasteiger charge is -2.06. The number of nitrogens with one attached hydrogen (secondary N) is 8. The number of carbonyl (C=O) groups excluding carboxylic acids is 9. The van der Waals surface area contributed by atoms with Gasteiger partial charge in [0, 0.05) is 125 Å². The molecule has 0 aliphatic heterocycles. The summed E-state index contributed by atoms with van der Waals surface area (Å²) in [5.41, 5.74) is 1.76. The van der Waals surface area contributed by atoms with Crippen LogP contribution in [0.4, 0.5) is 28.7 Å². The summed E-state index contributed by atoms with van der Waals surface area (Å²) in [5, 5.41) is 21.3. The van der Waals surface area contributed by atoms with Gasteiger partial charge >= 0.3 is 0 Å². The SMILES string of the molecule is Cn1cc(NC(=O)c2nc(NC(=O)CCCNC(=O)c3cc(NC(=O)c4nc(NC(=O)CCNC(=O)c5cc(NC(=O)c6nccn6C)cn5C)cn4C)cn3C)cn2C)cc1C(=O)NCCC=O. The summed E-state index contributed by atoms with van der Waals surface area (Å²) in [4.78, 5) is 125. The van der Waals surface area contributed by atoms with Gasteiger partial charge < -0.3 is 74.7 Å². The van der Waals surface area contributed by atoms with Crippen LogP contribution in [0, 0.1) is 0 Å². The quantitative estimate of drug-likeness (QED) is 0.0369. The number of aromatic nitrogens is 9. The van der Waals surface area contributed by atoms with Gasteiger partial charge in [-0.1, -0.05) is 0 Å². The summed E-state index contributed by atoms with van der Waals surface area (Å²) in [7, 11) is 9.72. The first-order chi connectivity index (χ1) is 32.9. The molecule has 0 atom stereocenters. The monoisotopic (exact) mass is 949 g/mol. The summed E-state index contributed by atoms with van der Waals surface area (Å²) < 4.78 is 8.98. The molecule has 0 unspecified atom stereocenters. The van der Waals surface area contributed by atoms with E-state index in [1.54, 1.807) is 65.4 Å². The smallest absolute Gasteiger partial charge is 0.291 e. The molecule has 69 heavy (non-hydrogen) atoms. The van der Waals surface area contributed by atoms with E-state index in [-0.39, 0.29) is 91.5 Å². The lowest BCUT2D eigenvalue weighted by molar-refractivity contribution is -0.117. The lowest BCUT2D eigenvalue weighted by Crippen LogP contribution is -2.29. The molecule has 0 fully saturated rings. The van der Waals surface area contributed by atoms with Gasteiger partial charge in [0.1, 0.15) is 23.4 Å². The van der Waals surface area contributed by atoms with Gasteiger partial charge in [0.25, 0.3) is 35.4 Å². The molecule has 8 amide bonds. The molecule has 6 heterocycles. The highest BCUT2D eigenvalue weighted by molar-refractivity contribution is 6.05. The van der Waals surface area contributed by atoms with Gasteiger partial charge in [0.15, 0.2) is 17.5 Å². The van der Waals surface area contributed by atoms with Crippen LogP contribution in [-0.4, -0.2) is 116 Å². The molecule has 0 spiro atoms. The molecule has 6 aromatic heterocycles. The summed E-state index contributed by atoms with van der Waals surface area (Å²) in [5.74, 6) is -3.47. The minimum atomic E-state index is -0.618. The molecule has 6 aromatic rings. The lowest BCUT2D eigenvalue weighted by atomic mass is 10.3. The highest BCUT2D eigenvalue weighted by Crippen LogP contribution is 2.18. The zero-order chi connectivity index (χ0) is 49.9. The third-order valence-corrected chi connectivity index (χ3v) is 10.3. The molecule has 0 saturated heterocycles. The van der Waals surface area contributed by atoms with Crippen molar-refractivity contribution < 1.29 is 43.2 Å². The fourth-order valence-electron chi connectivity index (χ4n) is 6.86. The molecule has 0 aliphatic carbocycles. The van der Waals surface area contributed by atoms with E-state index in [2.05, 4.69) is 57.5 Å². The van der Waals surface area contributed by atoms with Crippen LogP contribution in [0.15, 0.2) is 61.6 Å². The van der Waals surface area contributed by atoms with Gasteiger partial charge in [-0.2, -0.15) is 0 Å². The second-order valence-electron chi connectivity index (χ2n) is 15.7. The maximum Gasteiger partial charge on any atom is 0.291 e. The van der Waals surface area contributed by atoms with E-state index in [1.807, 2.05) is 0 Å². The number of anilines is 5. The normalized spacial score (nSPS) is 10.8. The van der Waals surface area contributed by atoms with E-state index in [9.17, 15) is 43.2 Å². The van der Waals surface area contributed by atoms with E-state index in [4.69, 9.17) is 0 Å². The number of imidazole rings is 3. The summed E-state index contributed by atoms with van der Waals surface area (Å²) >= 11 is 0. The van der Waals surface area contributed by atoms with Crippen molar-refractivity contribution in [2.24, 2.45) is 42.3 Å². The van der Waals surface area contributed by atoms with Crippen molar-refractivity contribution in [1.29, 1.82) is 0 Å². The van der Waals surface area contributed by atoms with Gasteiger partial charge in [0.2, 0.25) is 23.5 Å². The number of hydrogen-bond donors (Lipinski definition) is 8. The Labute approximate surface area is 393 Å². The average molecular weight is 950 g/mol. The fourth-order valence-corrected chi connectivity index (χ4v) is 6.86. The van der Waals surface area contributed by atoms with Gasteiger partial charge in [-0.25, -0.2) is 15.0 Å². The van der Waals surface area contributed by atoms with Gasteiger partial charge in [-0.3, -0.25) is 38.4 Å². The van der Waals surface area contributed by atoms with Crippen molar-refractivity contribution in [2.75, 3.05) is 46.2 Å². The molecule has 0 aliphatic rings. The Hall–Kier alpha value is -9.10. The Kier molecular flexibility index (Phi) is 15.7. The van der Waals surface area contributed by atoms with Crippen LogP contribution in [0.1, 0.15) is 89.0 Å². The Bertz CT molecular complexity index is 2940. The highest BCUT2D eigenvalue weighted by atomic mass is 16.2. The maximum absolute atomic E-state index is 13.2. The summed E-state index contributed by atoms with van der Waals surface area (Å²) in [6.07, 6.45) is 11.7. The number of hydrogen-bond acceptors (Lipinski definition) is 12. The van der Waals surface area contributed by atoms with Crippen LogP contribution >= 0.6 is 0 Å². The van der Waals surface area contributed by atoms with Crippen molar-refractivity contribution in [2.45, 2.75) is 25.7 Å². The first-order valence-corrected chi connectivity index (χ1v) is 21.3. The molecule has 0 saturated carbocycles. The van der Waals surface area contributed by atoms with E-state index < -0.39 is 47.3 Å². The molecule has 8 N–H and O–H groups in total. The first-order valence-electron chi connectivity index (χ1n) is 21.3. The molecule has 0 aromatic carbocycles. The van der Waals surface area contributed by atoms with E-state index in [0.29, 0.717) is 23.3 Å². The van der Waals surface area contributed by atoms with Crippen molar-refractivity contribution in [3.05, 3.63) is 96.1 Å². The highest BCUT2D eigenvalue weighted by Gasteiger charge is 2.22. The molecule has 0 bridgehead atoms. The van der Waals surface area contributed by atoms with Gasteiger partial charge in [-0.05, 0) is 24.6 Å². The third-order valence-electron chi connectivity index (χ3n) is 10.3. The molecule has 362 valence electrons. The maximum atomic E-state index is 13.2. The Morgan fingerprint density at radius 1 is 0.478 bits per heavy atom. The molecular formula is C43H51N17O9. The Balaban J connectivity index is 0.901. The standard InChI is InChI=1S/C43H51N17O9/c1-55-15-14-44-35(55)41(67)48-25-17-30(58(4)20-25)40(66)47-13-10-34(63)52-32-24-60(6)37(54-32)43(69)49-26-18-28(56(2)21-26)38(64)45-11-7-9-33(62)51-31-23-59(5)36(53-31)42(68)50-27-19-29(57(3)22-27)39(65)46-12-8-16-61/h14-24H,7-13H2,1-6H3,(H,45,64)(H,46,65)(H,47,66)(H,48,67)(H,49,69)(H,50,68)(H,51,62)(H,52,63). The number of aldehydes is 1. The minimum absolute atomic E-state index is 0.00524. The van der Waals surface area contributed by atoms with Gasteiger partial charge in [0.05, 0.1) is 17.1 Å². The topological polar surface area (TPSA) is 318 Å². The molecule has 26 heteroatoms. The zero-order valence-corrected chi connectivity index (χ0v) is 38.5. The zero-order valence-electron chi connectivity index (χ0n) is 38.5. The second-order valence-corrected chi connectivity index (χ2v) is 15.7. The molecule has 6 rings (SSSR count). The second kappa shape index (κ2) is 21.9. The van der Waals surface area contributed by atoms with Crippen LogP contribution < -0.4 is 42.5 Å². The van der Waals surface area contributed by atoms with Crippen molar-refractivity contribution in [3.8, 4) is 0 Å². The molecule has 0 radical (unpaired) electrons. The summed E-state index contributed by atoms with van der Waals surface area (Å²) in [6.45, 7) is 0.303. The van der Waals surface area contributed by atoms with E-state index in [1.165, 1.54) is 65.8 Å². The number of nitrogens with zero attached hydrogens (tertiary/aromatic N) is 9. The van der Waals surface area contributed by atoms with Crippen molar-refractivity contribution >= 4 is 82.2 Å². The average Bonchev–Trinajstić information content (AvgIpc) is 4.16.